The molecule has 0 fully saturated rings. The number of benzene rings is 2. The van der Waals surface area contributed by atoms with Gasteiger partial charge in [-0.3, -0.25) is 4.79 Å². The Kier molecular flexibility index (Phi) is 7.59. The number of carbonyl (C=O) groups is 2. The minimum absolute atomic E-state index is 0.146. The number of amides is 1. The van der Waals surface area contributed by atoms with Gasteiger partial charge in [-0.05, 0) is 61.0 Å². The topological polar surface area (TPSA) is 65.1 Å². The molecule has 0 saturated heterocycles. The Balaban J connectivity index is 1.62. The van der Waals surface area contributed by atoms with Crippen molar-refractivity contribution in [1.82, 2.24) is 0 Å². The largest absolute Gasteiger partial charge is 0.573 e. The standard InChI is InChI=1S/C23H20F3NO5S/c1-3-27(21(28)19-12-13-20(33-19)22(29)30-2)16-6-10-17(11-7-16)31-14-15-4-8-18(9-5-15)32-23(24,25)26/h4-13H,3,14H2,1-2H3. The van der Waals surface area contributed by atoms with Crippen LogP contribution in [0.4, 0.5) is 18.9 Å². The molecule has 3 rings (SSSR count). The molecule has 10 heteroatoms. The second-order valence-corrected chi connectivity index (χ2v) is 7.76. The van der Waals surface area contributed by atoms with E-state index in [0.717, 1.165) is 11.3 Å². The fourth-order valence-electron chi connectivity index (χ4n) is 2.92. The van der Waals surface area contributed by atoms with Gasteiger partial charge in [-0.15, -0.1) is 24.5 Å². The van der Waals surface area contributed by atoms with Gasteiger partial charge in [0, 0.05) is 12.2 Å². The summed E-state index contributed by atoms with van der Waals surface area (Å²) in [6, 6.07) is 15.4. The van der Waals surface area contributed by atoms with Crippen molar-refractivity contribution in [3.63, 3.8) is 0 Å². The number of ether oxygens (including phenoxy) is 3. The number of nitrogens with zero attached hydrogens (tertiary/aromatic N) is 1. The third-order valence-corrected chi connectivity index (χ3v) is 5.53. The average molecular weight is 479 g/mol. The summed E-state index contributed by atoms with van der Waals surface area (Å²) in [7, 11) is 1.28. The number of alkyl halides is 3. The van der Waals surface area contributed by atoms with E-state index in [1.54, 1.807) is 41.3 Å². The summed E-state index contributed by atoms with van der Waals surface area (Å²) in [5, 5.41) is 0. The van der Waals surface area contributed by atoms with E-state index < -0.39 is 12.3 Å². The number of esters is 1. The SMILES string of the molecule is CCN(C(=O)c1ccc(C(=O)OC)s1)c1ccc(OCc2ccc(OC(F)(F)F)cc2)cc1. The van der Waals surface area contributed by atoms with Crippen LogP contribution in [-0.2, 0) is 11.3 Å². The number of anilines is 1. The number of methoxy groups -OCH3 is 1. The monoisotopic (exact) mass is 479 g/mol. The Labute approximate surface area is 192 Å². The molecule has 0 atom stereocenters. The summed E-state index contributed by atoms with van der Waals surface area (Å²) in [4.78, 5) is 26.8. The van der Waals surface area contributed by atoms with Crippen LogP contribution in [0.25, 0.3) is 0 Å². The van der Waals surface area contributed by atoms with Crippen molar-refractivity contribution >= 4 is 28.9 Å². The van der Waals surface area contributed by atoms with Gasteiger partial charge in [0.05, 0.1) is 12.0 Å². The van der Waals surface area contributed by atoms with Gasteiger partial charge in [0.2, 0.25) is 0 Å². The molecule has 0 radical (unpaired) electrons. The number of hydrogen-bond donors (Lipinski definition) is 0. The van der Waals surface area contributed by atoms with E-state index in [4.69, 9.17) is 4.74 Å². The van der Waals surface area contributed by atoms with Gasteiger partial charge in [0.1, 0.15) is 23.0 Å². The van der Waals surface area contributed by atoms with Crippen LogP contribution in [0.5, 0.6) is 11.5 Å². The average Bonchev–Trinajstić information content (AvgIpc) is 3.29. The van der Waals surface area contributed by atoms with Gasteiger partial charge in [-0.2, -0.15) is 0 Å². The quantitative estimate of drug-likeness (QED) is 0.389. The van der Waals surface area contributed by atoms with E-state index in [0.29, 0.717) is 33.3 Å². The van der Waals surface area contributed by atoms with Gasteiger partial charge in [0.15, 0.2) is 0 Å². The number of halogens is 3. The predicted molar refractivity (Wildman–Crippen MR) is 117 cm³/mol. The van der Waals surface area contributed by atoms with Crippen LogP contribution < -0.4 is 14.4 Å². The Morgan fingerprint density at radius 3 is 2.09 bits per heavy atom. The maximum absolute atomic E-state index is 12.9. The maximum atomic E-state index is 12.9. The molecule has 0 unspecified atom stereocenters. The lowest BCUT2D eigenvalue weighted by molar-refractivity contribution is -0.274. The zero-order valence-corrected chi connectivity index (χ0v) is 18.5. The van der Waals surface area contributed by atoms with E-state index in [9.17, 15) is 22.8 Å². The molecular formula is C23H20F3NO5S. The van der Waals surface area contributed by atoms with Gasteiger partial charge in [-0.25, -0.2) is 4.79 Å². The highest BCUT2D eigenvalue weighted by atomic mass is 32.1. The van der Waals surface area contributed by atoms with Gasteiger partial charge >= 0.3 is 12.3 Å². The smallest absolute Gasteiger partial charge is 0.489 e. The molecule has 0 N–H and O–H groups in total. The van der Waals surface area contributed by atoms with Gasteiger partial charge in [-0.1, -0.05) is 12.1 Å². The van der Waals surface area contributed by atoms with E-state index >= 15 is 0 Å². The second-order valence-electron chi connectivity index (χ2n) is 6.68. The third-order valence-electron chi connectivity index (χ3n) is 4.48. The van der Waals surface area contributed by atoms with Crippen molar-refractivity contribution in [3.05, 3.63) is 76.0 Å². The van der Waals surface area contributed by atoms with E-state index in [2.05, 4.69) is 9.47 Å². The van der Waals surface area contributed by atoms with Crippen molar-refractivity contribution < 1.29 is 37.0 Å². The molecule has 1 amide bonds. The molecule has 0 bridgehead atoms. The molecule has 174 valence electrons. The number of thiophene rings is 1. The Hall–Kier alpha value is -3.53. The normalized spacial score (nSPS) is 11.1. The lowest BCUT2D eigenvalue weighted by Crippen LogP contribution is -2.29. The summed E-state index contributed by atoms with van der Waals surface area (Å²) >= 11 is 1.06. The third kappa shape index (κ3) is 6.48. The Morgan fingerprint density at radius 1 is 0.909 bits per heavy atom. The highest BCUT2D eigenvalue weighted by Gasteiger charge is 2.31. The first-order valence-corrected chi connectivity index (χ1v) is 10.6. The summed E-state index contributed by atoms with van der Waals surface area (Å²) in [5.41, 5.74) is 1.31. The Bertz CT molecular complexity index is 1090. The van der Waals surface area contributed by atoms with Crippen LogP contribution in [0.3, 0.4) is 0 Å². The van der Waals surface area contributed by atoms with E-state index in [-0.39, 0.29) is 18.3 Å². The van der Waals surface area contributed by atoms with E-state index in [1.165, 1.54) is 31.4 Å². The lowest BCUT2D eigenvalue weighted by Gasteiger charge is -2.20. The molecule has 0 aliphatic heterocycles. The molecule has 6 nitrogen and oxygen atoms in total. The van der Waals surface area contributed by atoms with Crippen LogP contribution in [-0.4, -0.2) is 31.9 Å². The molecule has 0 aliphatic rings. The lowest BCUT2D eigenvalue weighted by atomic mass is 10.2. The molecule has 0 saturated carbocycles. The van der Waals surface area contributed by atoms with Gasteiger partial charge in [0.25, 0.3) is 5.91 Å². The first kappa shape index (κ1) is 24.1. The maximum Gasteiger partial charge on any atom is 0.573 e. The van der Waals surface area contributed by atoms with Crippen LogP contribution in [0.15, 0.2) is 60.7 Å². The molecule has 0 aliphatic carbocycles. The zero-order valence-electron chi connectivity index (χ0n) is 17.7. The molecular weight excluding hydrogens is 459 g/mol. The highest BCUT2D eigenvalue weighted by Crippen LogP contribution is 2.26. The second kappa shape index (κ2) is 10.4. The van der Waals surface area contributed by atoms with Crippen LogP contribution >= 0.6 is 11.3 Å². The predicted octanol–water partition coefficient (Wildman–Crippen LogP) is 5.68. The van der Waals surface area contributed by atoms with Crippen molar-refractivity contribution in [1.29, 1.82) is 0 Å². The highest BCUT2D eigenvalue weighted by molar-refractivity contribution is 7.16. The molecule has 1 aromatic heterocycles. The fourth-order valence-corrected chi connectivity index (χ4v) is 3.79. The van der Waals surface area contributed by atoms with Crippen molar-refractivity contribution in [3.8, 4) is 11.5 Å². The molecule has 2 aromatic carbocycles. The number of rotatable bonds is 8. The first-order valence-electron chi connectivity index (χ1n) is 9.77. The molecule has 3 aromatic rings. The summed E-state index contributed by atoms with van der Waals surface area (Å²) in [6.07, 6.45) is -4.74. The van der Waals surface area contributed by atoms with Crippen molar-refractivity contribution in [2.45, 2.75) is 19.9 Å². The molecule has 1 heterocycles. The van der Waals surface area contributed by atoms with Crippen LogP contribution in [0.2, 0.25) is 0 Å². The van der Waals surface area contributed by atoms with Crippen LogP contribution in [0, 0.1) is 0 Å². The molecule has 0 spiro atoms. The molecule has 33 heavy (non-hydrogen) atoms. The van der Waals surface area contributed by atoms with Gasteiger partial charge < -0.3 is 19.1 Å². The Morgan fingerprint density at radius 2 is 1.52 bits per heavy atom. The fraction of sp³-hybridized carbons (Fsp3) is 0.217. The van der Waals surface area contributed by atoms with E-state index in [1.807, 2.05) is 6.92 Å². The van der Waals surface area contributed by atoms with Crippen molar-refractivity contribution in [2.24, 2.45) is 0 Å². The van der Waals surface area contributed by atoms with Crippen LogP contribution in [0.1, 0.15) is 31.8 Å². The zero-order chi connectivity index (χ0) is 24.0. The summed E-state index contributed by atoms with van der Waals surface area (Å²) < 4.78 is 50.9. The van der Waals surface area contributed by atoms with Crippen molar-refractivity contribution in [2.75, 3.05) is 18.6 Å². The summed E-state index contributed by atoms with van der Waals surface area (Å²) in [6.45, 7) is 2.40. The minimum Gasteiger partial charge on any atom is -0.489 e. The summed E-state index contributed by atoms with van der Waals surface area (Å²) in [5.74, 6) is -0.509. The first-order chi connectivity index (χ1) is 15.7. The number of hydrogen-bond acceptors (Lipinski definition) is 6. The number of carbonyl (C=O) groups excluding carboxylic acids is 2. The minimum atomic E-state index is -4.74.